The lowest BCUT2D eigenvalue weighted by Gasteiger charge is -2.27. The minimum absolute atomic E-state index is 0.0844. The molecular weight excluding hydrogens is 1530 g/mol. The van der Waals surface area contributed by atoms with E-state index in [2.05, 4.69) is 446 Å². The molecule has 0 saturated heterocycles. The molecule has 0 radical (unpaired) electrons. The molecule has 0 atom stereocenters. The van der Waals surface area contributed by atoms with Gasteiger partial charge in [0.15, 0.2) is 0 Å². The number of hydrogen-bond acceptors (Lipinski definition) is 4. The molecule has 24 rings (SSSR count). The van der Waals surface area contributed by atoms with E-state index in [1.165, 1.54) is 217 Å². The van der Waals surface area contributed by atoms with E-state index in [0.29, 0.717) is 11.8 Å². The van der Waals surface area contributed by atoms with Crippen molar-refractivity contribution >= 4 is 188 Å². The van der Waals surface area contributed by atoms with E-state index in [1.807, 2.05) is 0 Å². The molecule has 2 aliphatic rings. The fraction of sp³-hybridized carbons (Fsp3) is 0.167. The molecule has 126 heavy (non-hydrogen) atoms. The molecular formula is C120H102N6. The molecule has 0 bridgehead atoms. The van der Waals surface area contributed by atoms with E-state index in [1.54, 1.807) is 0 Å². The predicted molar refractivity (Wildman–Crippen MR) is 540 cm³/mol. The Morgan fingerprint density at radius 1 is 0.198 bits per heavy atom. The summed E-state index contributed by atoms with van der Waals surface area (Å²) in [5.74, 6) is 1.37. The van der Waals surface area contributed by atoms with Gasteiger partial charge in [0, 0.05) is 111 Å². The summed E-state index contributed by atoms with van der Waals surface area (Å²) in [6.45, 7) is 13.6. The van der Waals surface area contributed by atoms with Crippen LogP contribution in [0.25, 0.3) is 119 Å². The first kappa shape index (κ1) is 76.7. The number of hydrogen-bond donors (Lipinski definition) is 0. The standard InChI is InChI=1S/C62H53N3.C58H49N3/c1-5-14-42(15-6-1)44-24-30-52(31-25-44)63(50-18-9-3-10-19-50)54-34-28-46-38-58-56-22-13-23-57-59-39-47-29-35-55(37-49(47)41-61(59)65(62(56)57)60(58)40-48(46)36-54)64(51-20-11-4-12-21-51)53-32-26-45(27-33-53)43-16-7-2-8-17-43;1-57(2,3)42-22-28-46(29-23-42)59(44-14-9-7-10-15-44)48-26-20-38-34-52-50-18-13-19-51-53-35-39-21-27-49(33-41(39)37-55(53)61(56(50)51)54(52)36-40(38)32-48)60(45-16-11-8-12-17-45)47-30-24-43(25-31-47)58(4,5)6/h3-4,9-13,18-43H,1-2,5-8,14-17H2;7-37H,1-6H3. The quantitative estimate of drug-likeness (QED) is 0.108. The molecule has 22 aromatic rings. The molecule has 0 N–H and O–H groups in total. The summed E-state index contributed by atoms with van der Waals surface area (Å²) in [5, 5.41) is 20.2. The highest BCUT2D eigenvalue weighted by Crippen LogP contribution is 2.50. The van der Waals surface area contributed by atoms with Crippen molar-refractivity contribution < 1.29 is 0 Å². The minimum Gasteiger partial charge on any atom is -0.310 e. The molecule has 0 spiro atoms. The number of fused-ring (bicyclic) bond motifs is 16. The summed E-state index contributed by atoms with van der Waals surface area (Å²) in [4.78, 5) is 9.59. The molecule has 0 amide bonds. The first-order valence-corrected chi connectivity index (χ1v) is 45.7. The molecule has 2 aliphatic carbocycles. The number of nitrogens with zero attached hydrogens (tertiary/aromatic N) is 6. The minimum atomic E-state index is 0.0844. The Hall–Kier alpha value is -14.2. The largest absolute Gasteiger partial charge is 0.310 e. The van der Waals surface area contributed by atoms with E-state index in [-0.39, 0.29) is 10.8 Å². The van der Waals surface area contributed by atoms with Crippen molar-refractivity contribution in [3.8, 4) is 0 Å². The fourth-order valence-corrected chi connectivity index (χ4v) is 21.4. The fourth-order valence-electron chi connectivity index (χ4n) is 21.4. The maximum absolute atomic E-state index is 2.55. The van der Waals surface area contributed by atoms with Gasteiger partial charge in [-0.1, -0.05) is 262 Å². The van der Waals surface area contributed by atoms with Crippen LogP contribution < -0.4 is 19.6 Å². The van der Waals surface area contributed by atoms with Gasteiger partial charge in [-0.3, -0.25) is 0 Å². The van der Waals surface area contributed by atoms with Crippen LogP contribution in [0.4, 0.5) is 68.2 Å². The van der Waals surface area contributed by atoms with Gasteiger partial charge in [-0.2, -0.15) is 0 Å². The molecule has 6 nitrogen and oxygen atoms in total. The number of anilines is 12. The molecule has 2 saturated carbocycles. The second-order valence-corrected chi connectivity index (χ2v) is 37.8. The van der Waals surface area contributed by atoms with Crippen LogP contribution in [0.1, 0.15) is 140 Å². The van der Waals surface area contributed by atoms with Crippen LogP contribution in [0.5, 0.6) is 0 Å². The van der Waals surface area contributed by atoms with Crippen LogP contribution in [0.15, 0.2) is 376 Å². The van der Waals surface area contributed by atoms with Gasteiger partial charge in [0.25, 0.3) is 0 Å². The first-order valence-electron chi connectivity index (χ1n) is 45.7. The highest BCUT2D eigenvalue weighted by atomic mass is 15.2. The second kappa shape index (κ2) is 30.9. The monoisotopic (exact) mass is 1630 g/mol. The first-order chi connectivity index (χ1) is 61.7. The molecule has 612 valence electrons. The van der Waals surface area contributed by atoms with Gasteiger partial charge in [0.1, 0.15) is 0 Å². The summed E-state index contributed by atoms with van der Waals surface area (Å²) in [7, 11) is 0. The van der Waals surface area contributed by atoms with Crippen LogP contribution in [0.2, 0.25) is 0 Å². The third-order valence-corrected chi connectivity index (χ3v) is 27.9. The van der Waals surface area contributed by atoms with Gasteiger partial charge in [-0.05, 0) is 308 Å². The molecule has 0 unspecified atom stereocenters. The van der Waals surface area contributed by atoms with Crippen molar-refractivity contribution in [2.45, 2.75) is 128 Å². The maximum Gasteiger partial charge on any atom is 0.0620 e. The lowest BCUT2D eigenvalue weighted by atomic mass is 9.84. The van der Waals surface area contributed by atoms with Gasteiger partial charge in [0.05, 0.1) is 33.1 Å². The Kier molecular flexibility index (Phi) is 18.8. The number of para-hydroxylation sites is 6. The van der Waals surface area contributed by atoms with Crippen molar-refractivity contribution in [3.63, 3.8) is 0 Å². The SMILES string of the molecule is CC(C)(C)c1ccc(N(c2ccccc2)c2ccc3cc4c5cccc6c7cc8ccc(N(c9ccccc9)c9ccc(C(C)(C)C)cc9)cc8cc7n(c4cc3c2)c56)cc1.c1ccc(N(c2ccc(C3CCCCC3)cc2)c2ccc3cc4c5cccc6c7cc8ccc(N(c9ccccc9)c9ccc(C%10CCCCC%10)cc9)cc8cc7n(c4cc3c2)c56)cc1. The molecule has 18 aromatic carbocycles. The highest BCUT2D eigenvalue weighted by Gasteiger charge is 2.27. The Balaban J connectivity index is 0.000000145. The van der Waals surface area contributed by atoms with E-state index < -0.39 is 0 Å². The zero-order chi connectivity index (χ0) is 84.5. The van der Waals surface area contributed by atoms with Crippen molar-refractivity contribution in [2.75, 3.05) is 19.6 Å². The summed E-state index contributed by atoms with van der Waals surface area (Å²) in [5.41, 5.74) is 27.2. The molecule has 6 heteroatoms. The summed E-state index contributed by atoms with van der Waals surface area (Å²) >= 11 is 0. The molecule has 0 aliphatic heterocycles. The van der Waals surface area contributed by atoms with Crippen molar-refractivity contribution in [2.24, 2.45) is 0 Å². The van der Waals surface area contributed by atoms with Crippen LogP contribution in [0.3, 0.4) is 0 Å². The third kappa shape index (κ3) is 13.5. The van der Waals surface area contributed by atoms with E-state index in [4.69, 9.17) is 0 Å². The van der Waals surface area contributed by atoms with E-state index in [9.17, 15) is 0 Å². The maximum atomic E-state index is 2.55. The average Bonchev–Trinajstić information content (AvgIpc) is 1.54. The van der Waals surface area contributed by atoms with Crippen LogP contribution in [-0.4, -0.2) is 8.80 Å². The van der Waals surface area contributed by atoms with E-state index in [0.717, 1.165) is 56.9 Å². The van der Waals surface area contributed by atoms with Crippen LogP contribution in [0, 0.1) is 0 Å². The summed E-state index contributed by atoms with van der Waals surface area (Å²) in [6.07, 6.45) is 13.4. The second-order valence-electron chi connectivity index (χ2n) is 37.8. The van der Waals surface area contributed by atoms with Crippen molar-refractivity contribution in [3.05, 3.63) is 398 Å². The number of benzene rings is 18. The Morgan fingerprint density at radius 2 is 0.429 bits per heavy atom. The highest BCUT2D eigenvalue weighted by molar-refractivity contribution is 6.28. The lowest BCUT2D eigenvalue weighted by Crippen LogP contribution is -2.13. The normalized spacial score (nSPS) is 13.9. The molecule has 4 heterocycles. The topological polar surface area (TPSA) is 21.8 Å². The predicted octanol–water partition coefficient (Wildman–Crippen LogP) is 34.9. The lowest BCUT2D eigenvalue weighted by molar-refractivity contribution is 0.443. The van der Waals surface area contributed by atoms with Crippen molar-refractivity contribution in [1.29, 1.82) is 0 Å². The van der Waals surface area contributed by atoms with Gasteiger partial charge in [-0.15, -0.1) is 0 Å². The van der Waals surface area contributed by atoms with Crippen molar-refractivity contribution in [1.82, 2.24) is 8.80 Å². The Labute approximate surface area is 737 Å². The molecule has 2 fully saturated rings. The molecule has 4 aromatic heterocycles. The smallest absolute Gasteiger partial charge is 0.0620 e. The number of aromatic nitrogens is 2. The Morgan fingerprint density at radius 3 is 0.675 bits per heavy atom. The van der Waals surface area contributed by atoms with Crippen LogP contribution >= 0.6 is 0 Å². The average molecular weight is 1630 g/mol. The summed E-state index contributed by atoms with van der Waals surface area (Å²) in [6, 6.07) is 141. The van der Waals surface area contributed by atoms with Gasteiger partial charge in [0.2, 0.25) is 0 Å². The summed E-state index contributed by atoms with van der Waals surface area (Å²) < 4.78 is 5.07. The van der Waals surface area contributed by atoms with Gasteiger partial charge < -0.3 is 28.4 Å². The Bertz CT molecular complexity index is 7370. The zero-order valence-corrected chi connectivity index (χ0v) is 72.7. The zero-order valence-electron chi connectivity index (χ0n) is 72.7. The van der Waals surface area contributed by atoms with E-state index >= 15 is 0 Å². The third-order valence-electron chi connectivity index (χ3n) is 27.9. The van der Waals surface area contributed by atoms with Gasteiger partial charge >= 0.3 is 0 Å². The van der Waals surface area contributed by atoms with Gasteiger partial charge in [-0.25, -0.2) is 0 Å². The van der Waals surface area contributed by atoms with Crippen LogP contribution in [-0.2, 0) is 10.8 Å². The number of rotatable bonds is 14.